The second-order valence-electron chi connectivity index (χ2n) is 4.45. The Balaban J connectivity index is -0.000000216. The van der Waals surface area contributed by atoms with Gasteiger partial charge in [-0.05, 0) is 0 Å². The first-order valence-electron chi connectivity index (χ1n) is 5.10. The van der Waals surface area contributed by atoms with E-state index in [0.717, 1.165) is 12.8 Å². The predicted octanol–water partition coefficient (Wildman–Crippen LogP) is 4.08. The molecule has 2 heteroatoms. The number of hydrogen-bond donors (Lipinski definition) is 0. The van der Waals surface area contributed by atoms with E-state index in [4.69, 9.17) is 0 Å². The Morgan fingerprint density at radius 2 is 1.93 bits per heavy atom. The molecule has 0 nitrogen and oxygen atoms in total. The molecule has 0 aromatic carbocycles. The van der Waals surface area contributed by atoms with Crippen LogP contribution in [0.15, 0.2) is 34.8 Å². The van der Waals surface area contributed by atoms with Crippen LogP contribution in [-0.2, 0) is 21.7 Å². The van der Waals surface area contributed by atoms with Crippen LogP contribution in [0.4, 0.5) is 0 Å². The average molecular weight is 297 g/mol. The maximum Gasteiger partial charge on any atom is 4.00 e. The summed E-state index contributed by atoms with van der Waals surface area (Å²) < 4.78 is 1.54. The summed E-state index contributed by atoms with van der Waals surface area (Å²) in [5.41, 5.74) is 0. The van der Waals surface area contributed by atoms with E-state index < -0.39 is 13.3 Å². The van der Waals surface area contributed by atoms with Gasteiger partial charge >= 0.3 is 81.3 Å². The second kappa shape index (κ2) is 7.48. The Morgan fingerprint density at radius 1 is 1.20 bits per heavy atom. The van der Waals surface area contributed by atoms with Crippen molar-refractivity contribution >= 4 is 13.3 Å². The van der Waals surface area contributed by atoms with E-state index in [9.17, 15) is 0 Å². The van der Waals surface area contributed by atoms with E-state index in [-0.39, 0.29) is 24.6 Å². The summed E-state index contributed by atoms with van der Waals surface area (Å²) in [5, 5.41) is 0. The Labute approximate surface area is 114 Å². The summed E-state index contributed by atoms with van der Waals surface area (Å²) in [7, 11) is 0. The maximum absolute atomic E-state index is 3.39. The van der Waals surface area contributed by atoms with Gasteiger partial charge in [-0.2, -0.15) is 6.08 Å². The summed E-state index contributed by atoms with van der Waals surface area (Å²) >= 11 is -1.46. The van der Waals surface area contributed by atoms with Crippen LogP contribution >= 0.6 is 0 Å². The number of rotatable bonds is 1. The van der Waals surface area contributed by atoms with Gasteiger partial charge in [0.15, 0.2) is 0 Å². The minimum atomic E-state index is -1.46. The fraction of sp³-hybridized carbons (Fsp3) is 0.385. The molecule has 0 heterocycles. The van der Waals surface area contributed by atoms with Gasteiger partial charge in [0.2, 0.25) is 0 Å². The zero-order chi connectivity index (χ0) is 10.4. The van der Waals surface area contributed by atoms with Crippen molar-refractivity contribution in [2.75, 3.05) is 0 Å². The van der Waals surface area contributed by atoms with Gasteiger partial charge in [0.25, 0.3) is 0 Å². The van der Waals surface area contributed by atoms with Crippen LogP contribution in [0.3, 0.4) is 0 Å². The van der Waals surface area contributed by atoms with Crippen molar-refractivity contribution in [2.45, 2.75) is 30.1 Å². The summed E-state index contributed by atoms with van der Waals surface area (Å²) in [6.07, 6.45) is 18.9. The van der Waals surface area contributed by atoms with Crippen LogP contribution in [0.5, 0.6) is 0 Å². The van der Waals surface area contributed by atoms with Crippen LogP contribution in [0.1, 0.15) is 15.7 Å². The summed E-state index contributed by atoms with van der Waals surface area (Å²) in [4.78, 5) is 0. The molecule has 0 atom stereocenters. The third-order valence-corrected chi connectivity index (χ3v) is 6.20. The maximum atomic E-state index is 3.39. The summed E-state index contributed by atoms with van der Waals surface area (Å²) in [6, 6.07) is 0. The standard InChI is InChI=1S/C8H13Ge.C5H5.Ti.2H/c1-9(2,3)8-6-4-5-7-8;1-2-4-5-3-1;;;/h4,6H,5H2,1-3H3;1-3H,4H2;;;/q2*-1;+4;2*-1. The van der Waals surface area contributed by atoms with Gasteiger partial charge in [-0.15, -0.1) is 6.42 Å². The molecule has 15 heavy (non-hydrogen) atoms. The smallest absolute Gasteiger partial charge is 1.00 e. The van der Waals surface area contributed by atoms with E-state index >= 15 is 0 Å². The van der Waals surface area contributed by atoms with Crippen molar-refractivity contribution in [2.24, 2.45) is 0 Å². The van der Waals surface area contributed by atoms with E-state index in [0.29, 0.717) is 0 Å². The average Bonchev–Trinajstić information content (AvgIpc) is 2.80. The molecule has 0 amide bonds. The topological polar surface area (TPSA) is 0 Å². The van der Waals surface area contributed by atoms with E-state index in [1.165, 1.54) is 4.41 Å². The van der Waals surface area contributed by atoms with Crippen LogP contribution < -0.4 is 0 Å². The monoisotopic (exact) mass is 298 g/mol. The molecular formula is C13H20GeTi. The first-order valence-corrected chi connectivity index (χ1v) is 12.4. The normalized spacial score (nSPS) is 16.9. The van der Waals surface area contributed by atoms with E-state index in [2.05, 4.69) is 47.6 Å². The molecule has 0 fully saturated rings. The second-order valence-corrected chi connectivity index (χ2v) is 15.0. The molecule has 0 aromatic heterocycles. The molecule has 0 bridgehead atoms. The number of hydrogen-bond acceptors (Lipinski definition) is 0. The molecule has 0 saturated carbocycles. The van der Waals surface area contributed by atoms with E-state index in [1.54, 1.807) is 0 Å². The fourth-order valence-electron chi connectivity index (χ4n) is 1.26. The van der Waals surface area contributed by atoms with Crippen molar-refractivity contribution in [3.05, 3.63) is 46.9 Å². The molecule has 0 unspecified atom stereocenters. The molecule has 0 aliphatic heterocycles. The van der Waals surface area contributed by atoms with Crippen LogP contribution in [0.25, 0.3) is 0 Å². The van der Waals surface area contributed by atoms with Crippen molar-refractivity contribution in [3.8, 4) is 0 Å². The Kier molecular flexibility index (Phi) is 7.59. The molecule has 0 saturated heterocycles. The molecule has 0 N–H and O–H groups in total. The molecule has 0 radical (unpaired) electrons. The third kappa shape index (κ3) is 6.39. The molecule has 2 aliphatic carbocycles. The molecular weight excluding hydrogens is 277 g/mol. The van der Waals surface area contributed by atoms with Gasteiger partial charge in [-0.3, -0.25) is 6.08 Å². The van der Waals surface area contributed by atoms with Gasteiger partial charge in [0.1, 0.15) is 0 Å². The van der Waals surface area contributed by atoms with Gasteiger partial charge in [0, 0.05) is 0 Å². The Hall–Kier alpha value is 0.217. The van der Waals surface area contributed by atoms with Crippen LogP contribution in [0, 0.1) is 12.2 Å². The summed E-state index contributed by atoms with van der Waals surface area (Å²) in [6.45, 7) is 0. The molecule has 0 aromatic rings. The fourth-order valence-corrected chi connectivity index (χ4v) is 3.88. The quantitative estimate of drug-likeness (QED) is 0.505. The Morgan fingerprint density at radius 3 is 2.13 bits per heavy atom. The summed E-state index contributed by atoms with van der Waals surface area (Å²) in [5.74, 6) is 7.20. The van der Waals surface area contributed by atoms with Gasteiger partial charge < -0.3 is 2.85 Å². The zero-order valence-electron chi connectivity index (χ0n) is 11.8. The molecule has 0 spiro atoms. The van der Waals surface area contributed by atoms with Gasteiger partial charge in [-0.25, -0.2) is 12.2 Å². The van der Waals surface area contributed by atoms with Crippen molar-refractivity contribution in [1.82, 2.24) is 0 Å². The third-order valence-electron chi connectivity index (χ3n) is 2.09. The minimum Gasteiger partial charge on any atom is -1.00 e. The predicted molar refractivity (Wildman–Crippen MR) is 67.7 cm³/mol. The van der Waals surface area contributed by atoms with E-state index in [1.807, 2.05) is 12.2 Å². The first kappa shape index (κ1) is 15.2. The van der Waals surface area contributed by atoms with Crippen molar-refractivity contribution < 1.29 is 24.6 Å². The molecule has 2 rings (SSSR count). The molecule has 2 aliphatic rings. The molecule has 80 valence electrons. The zero-order valence-corrected chi connectivity index (χ0v) is 13.5. The van der Waals surface area contributed by atoms with Crippen LogP contribution in [0.2, 0.25) is 17.3 Å². The van der Waals surface area contributed by atoms with Gasteiger partial charge in [0.05, 0.1) is 0 Å². The van der Waals surface area contributed by atoms with Crippen molar-refractivity contribution in [1.29, 1.82) is 0 Å². The number of allylic oxidation sites excluding steroid dienone is 8. The Bertz CT molecular complexity index is 289. The van der Waals surface area contributed by atoms with Crippen molar-refractivity contribution in [3.63, 3.8) is 0 Å². The SMILES string of the molecule is [C-]1=CC=CC1.[CH3][Ge]([CH3])([CH3])[C]1=[C-]CC=C1.[H-].[H-].[Ti+4]. The van der Waals surface area contributed by atoms with Gasteiger partial charge in [-0.1, -0.05) is 0 Å². The minimum absolute atomic E-state index is 0. The first-order chi connectivity index (χ1) is 6.61. The van der Waals surface area contributed by atoms with Crippen LogP contribution in [-0.4, -0.2) is 13.3 Å². The largest absolute Gasteiger partial charge is 4.00 e.